The van der Waals surface area contributed by atoms with Crippen molar-refractivity contribution in [2.75, 3.05) is 11.5 Å². The van der Waals surface area contributed by atoms with Crippen LogP contribution in [0.2, 0.25) is 0 Å². The molecule has 150 valence electrons. The van der Waals surface area contributed by atoms with Gasteiger partial charge in [-0.15, -0.1) is 11.3 Å². The molecule has 2 atom stereocenters. The maximum atomic E-state index is 12.4. The molecule has 1 aromatic heterocycles. The molecule has 1 N–H and O–H groups in total. The first-order chi connectivity index (χ1) is 13.6. The van der Waals surface area contributed by atoms with E-state index in [4.69, 9.17) is 4.74 Å². The van der Waals surface area contributed by atoms with Crippen molar-refractivity contribution in [2.45, 2.75) is 58.3 Å². The molecule has 4 nitrogen and oxygen atoms in total. The van der Waals surface area contributed by atoms with Crippen LogP contribution in [0.5, 0.6) is 0 Å². The molecule has 0 radical (unpaired) electrons. The Balaban J connectivity index is 1.58. The molecule has 1 aliphatic rings. The molecule has 1 aromatic carbocycles. The second kappa shape index (κ2) is 10.0. The van der Waals surface area contributed by atoms with Gasteiger partial charge in [0.2, 0.25) is 0 Å². The Kier molecular flexibility index (Phi) is 7.43. The Morgan fingerprint density at radius 3 is 2.64 bits per heavy atom. The van der Waals surface area contributed by atoms with Crippen LogP contribution in [0.25, 0.3) is 0 Å². The molecule has 0 fully saturated rings. The average Bonchev–Trinajstić information content (AvgIpc) is 3.27. The molecule has 0 saturated carbocycles. The largest absolute Gasteiger partial charge is 0.388 e. The maximum Gasteiger partial charge on any atom is 0.251 e. The lowest BCUT2D eigenvalue weighted by Crippen LogP contribution is -2.36. The van der Waals surface area contributed by atoms with Crippen molar-refractivity contribution in [3.05, 3.63) is 63.9 Å². The highest BCUT2D eigenvalue weighted by atomic mass is 32.1. The summed E-state index contributed by atoms with van der Waals surface area (Å²) < 4.78 is 5.86. The molecule has 0 saturated heterocycles. The van der Waals surface area contributed by atoms with Gasteiger partial charge >= 0.3 is 0 Å². The summed E-state index contributed by atoms with van der Waals surface area (Å²) in [5, 5.41) is 10.3. The molecule has 2 heterocycles. The molecular formula is C23H29NO3S. The summed E-state index contributed by atoms with van der Waals surface area (Å²) in [4.78, 5) is 16.6. The number of aryl methyl sites for hydroxylation is 1. The van der Waals surface area contributed by atoms with E-state index in [1.54, 1.807) is 22.3 Å². The summed E-state index contributed by atoms with van der Waals surface area (Å²) in [6.07, 6.45) is 7.14. The SMILES string of the molecule is CCCCCC(O)c1ccc(N2C(=O)C=C[C@@H]2COCc2ccc(C)s2)cc1. The predicted octanol–water partition coefficient (Wildman–Crippen LogP) is 5.16. The number of hydrogen-bond acceptors (Lipinski definition) is 4. The van der Waals surface area contributed by atoms with E-state index in [9.17, 15) is 9.90 Å². The van der Waals surface area contributed by atoms with Crippen LogP contribution in [0.1, 0.15) is 54.0 Å². The van der Waals surface area contributed by atoms with Gasteiger partial charge in [0.05, 0.1) is 25.4 Å². The molecule has 2 aromatic rings. The summed E-state index contributed by atoms with van der Waals surface area (Å²) in [6, 6.07) is 11.7. The molecule has 1 aliphatic heterocycles. The van der Waals surface area contributed by atoms with E-state index >= 15 is 0 Å². The number of aliphatic hydroxyl groups is 1. The van der Waals surface area contributed by atoms with Crippen molar-refractivity contribution in [3.8, 4) is 0 Å². The third-order valence-electron chi connectivity index (χ3n) is 5.00. The molecule has 28 heavy (non-hydrogen) atoms. The van der Waals surface area contributed by atoms with Crippen molar-refractivity contribution in [1.29, 1.82) is 0 Å². The van der Waals surface area contributed by atoms with Crippen LogP contribution >= 0.6 is 11.3 Å². The van der Waals surface area contributed by atoms with Gasteiger partial charge in [-0.25, -0.2) is 0 Å². The molecular weight excluding hydrogens is 370 g/mol. The average molecular weight is 400 g/mol. The molecule has 0 spiro atoms. The molecule has 3 rings (SSSR count). The van der Waals surface area contributed by atoms with Crippen LogP contribution in [0, 0.1) is 6.92 Å². The minimum absolute atomic E-state index is 0.0307. The molecule has 1 unspecified atom stereocenters. The lowest BCUT2D eigenvalue weighted by Gasteiger charge is -2.25. The smallest absolute Gasteiger partial charge is 0.251 e. The lowest BCUT2D eigenvalue weighted by molar-refractivity contribution is -0.114. The minimum atomic E-state index is -0.443. The van der Waals surface area contributed by atoms with Gasteiger partial charge in [-0.3, -0.25) is 9.69 Å². The molecule has 0 bridgehead atoms. The number of rotatable bonds is 10. The zero-order valence-corrected chi connectivity index (χ0v) is 17.5. The van der Waals surface area contributed by atoms with Crippen LogP contribution in [0.3, 0.4) is 0 Å². The van der Waals surface area contributed by atoms with Gasteiger partial charge in [0.15, 0.2) is 0 Å². The van der Waals surface area contributed by atoms with Crippen molar-refractivity contribution in [2.24, 2.45) is 0 Å². The number of aliphatic hydroxyl groups excluding tert-OH is 1. The molecule has 5 heteroatoms. The quantitative estimate of drug-likeness (QED) is 0.562. The van der Waals surface area contributed by atoms with Crippen molar-refractivity contribution < 1.29 is 14.6 Å². The van der Waals surface area contributed by atoms with E-state index in [2.05, 4.69) is 26.0 Å². The Labute approximate surface area is 171 Å². The summed E-state index contributed by atoms with van der Waals surface area (Å²) >= 11 is 1.73. The van der Waals surface area contributed by atoms with E-state index in [1.165, 1.54) is 9.75 Å². The number of carbonyl (C=O) groups excluding carboxylic acids is 1. The number of amides is 1. The van der Waals surface area contributed by atoms with Gasteiger partial charge in [-0.1, -0.05) is 44.4 Å². The standard InChI is InChI=1S/C23H29NO3S/c1-3-4-5-6-22(25)18-8-10-19(11-9-18)24-20(12-14-23(24)26)15-27-16-21-13-7-17(2)28-21/h7-14,20,22,25H,3-6,15-16H2,1-2H3/t20-,22?/m1/s1. The Morgan fingerprint density at radius 2 is 1.96 bits per heavy atom. The van der Waals surface area contributed by atoms with Gasteiger partial charge in [0, 0.05) is 21.5 Å². The van der Waals surface area contributed by atoms with E-state index in [-0.39, 0.29) is 11.9 Å². The predicted molar refractivity (Wildman–Crippen MR) is 115 cm³/mol. The number of nitrogens with zero attached hydrogens (tertiary/aromatic N) is 1. The third-order valence-corrected chi connectivity index (χ3v) is 5.97. The number of benzene rings is 1. The zero-order valence-electron chi connectivity index (χ0n) is 16.6. The van der Waals surface area contributed by atoms with Crippen molar-refractivity contribution in [3.63, 3.8) is 0 Å². The summed E-state index contributed by atoms with van der Waals surface area (Å²) in [5.41, 5.74) is 1.74. The van der Waals surface area contributed by atoms with E-state index < -0.39 is 6.10 Å². The lowest BCUT2D eigenvalue weighted by atomic mass is 10.0. The fourth-order valence-electron chi connectivity index (χ4n) is 3.43. The Hall–Kier alpha value is -1.95. The second-order valence-corrected chi connectivity index (χ2v) is 8.64. The number of thiophene rings is 1. The topological polar surface area (TPSA) is 49.8 Å². The molecule has 1 amide bonds. The van der Waals surface area contributed by atoms with Crippen LogP contribution in [0.4, 0.5) is 5.69 Å². The van der Waals surface area contributed by atoms with Gasteiger partial charge in [0.1, 0.15) is 0 Å². The van der Waals surface area contributed by atoms with E-state index in [0.29, 0.717) is 13.2 Å². The second-order valence-electron chi connectivity index (χ2n) is 7.27. The number of hydrogen-bond donors (Lipinski definition) is 1. The minimum Gasteiger partial charge on any atom is -0.388 e. The van der Waals surface area contributed by atoms with Crippen LogP contribution in [-0.4, -0.2) is 23.7 Å². The fourth-order valence-corrected chi connectivity index (χ4v) is 4.25. The third kappa shape index (κ3) is 5.31. The Morgan fingerprint density at radius 1 is 1.18 bits per heavy atom. The normalized spacial score (nSPS) is 17.5. The van der Waals surface area contributed by atoms with Gasteiger partial charge in [-0.2, -0.15) is 0 Å². The Bertz CT molecular complexity index is 796. The van der Waals surface area contributed by atoms with Gasteiger partial charge < -0.3 is 9.84 Å². The number of anilines is 1. The van der Waals surface area contributed by atoms with Crippen LogP contribution < -0.4 is 4.90 Å². The number of unbranched alkanes of at least 4 members (excludes halogenated alkanes) is 2. The van der Waals surface area contributed by atoms with Crippen molar-refractivity contribution >= 4 is 22.9 Å². The summed E-state index contributed by atoms with van der Waals surface area (Å²) in [7, 11) is 0. The number of carbonyl (C=O) groups is 1. The monoisotopic (exact) mass is 399 g/mol. The highest BCUT2D eigenvalue weighted by Crippen LogP contribution is 2.27. The number of ether oxygens (including phenoxy) is 1. The first-order valence-electron chi connectivity index (χ1n) is 10.0. The van der Waals surface area contributed by atoms with E-state index in [0.717, 1.165) is 36.9 Å². The van der Waals surface area contributed by atoms with Crippen LogP contribution in [0.15, 0.2) is 48.6 Å². The summed E-state index contributed by atoms with van der Waals surface area (Å²) in [6.45, 7) is 5.26. The zero-order chi connectivity index (χ0) is 19.9. The summed E-state index contributed by atoms with van der Waals surface area (Å²) in [5.74, 6) is -0.0307. The molecule has 0 aliphatic carbocycles. The first kappa shape index (κ1) is 20.8. The van der Waals surface area contributed by atoms with E-state index in [1.807, 2.05) is 30.3 Å². The highest BCUT2D eigenvalue weighted by Gasteiger charge is 2.27. The van der Waals surface area contributed by atoms with Crippen LogP contribution in [-0.2, 0) is 16.1 Å². The first-order valence-corrected chi connectivity index (χ1v) is 10.8. The van der Waals surface area contributed by atoms with Gasteiger partial charge in [-0.05, 0) is 43.2 Å². The van der Waals surface area contributed by atoms with Crippen molar-refractivity contribution in [1.82, 2.24) is 0 Å². The van der Waals surface area contributed by atoms with Gasteiger partial charge in [0.25, 0.3) is 5.91 Å². The fraction of sp³-hybridized carbons (Fsp3) is 0.435. The highest BCUT2D eigenvalue weighted by molar-refractivity contribution is 7.11. The maximum absolute atomic E-state index is 12.4.